The Hall–Kier alpha value is -1.87. The van der Waals surface area contributed by atoms with Crippen molar-refractivity contribution in [1.29, 1.82) is 0 Å². The second-order valence-electron chi connectivity index (χ2n) is 6.31. The number of nitrogen functional groups attached to an aromatic ring is 1. The lowest BCUT2D eigenvalue weighted by Gasteiger charge is -2.40. The highest BCUT2D eigenvalue weighted by Crippen LogP contribution is 2.34. The molecular weight excluding hydrogens is 246 g/mol. The molecule has 0 atom stereocenters. The lowest BCUT2D eigenvalue weighted by Crippen LogP contribution is -2.41. The van der Waals surface area contributed by atoms with E-state index in [1.54, 1.807) is 0 Å². The van der Waals surface area contributed by atoms with E-state index in [-0.39, 0.29) is 5.41 Å². The van der Waals surface area contributed by atoms with Crippen LogP contribution in [0.5, 0.6) is 0 Å². The molecule has 0 unspecified atom stereocenters. The van der Waals surface area contributed by atoms with Crippen LogP contribution in [0.2, 0.25) is 0 Å². The molecule has 0 saturated heterocycles. The Morgan fingerprint density at radius 2 is 2.15 bits per heavy atom. The van der Waals surface area contributed by atoms with Crippen molar-refractivity contribution in [3.8, 4) is 0 Å². The molecule has 2 N–H and O–H groups in total. The first kappa shape index (κ1) is 13.1. The normalized spacial score (nSPS) is 17.7. The first-order valence-corrected chi connectivity index (χ1v) is 7.05. The molecule has 0 saturated carbocycles. The average molecular weight is 267 g/mol. The van der Waals surface area contributed by atoms with Crippen LogP contribution in [0.3, 0.4) is 0 Å². The molecule has 2 aromatic rings. The summed E-state index contributed by atoms with van der Waals surface area (Å²) in [6.45, 7) is 7.55. The summed E-state index contributed by atoms with van der Waals surface area (Å²) in [5.41, 5.74) is 11.0. The van der Waals surface area contributed by atoms with Crippen LogP contribution in [0, 0.1) is 0 Å². The summed E-state index contributed by atoms with van der Waals surface area (Å²) < 4.78 is 0. The van der Waals surface area contributed by atoms with E-state index in [1.165, 1.54) is 16.7 Å². The molecule has 1 aliphatic rings. The third-order valence-electron chi connectivity index (χ3n) is 4.00. The molecule has 1 aromatic heterocycles. The van der Waals surface area contributed by atoms with Crippen LogP contribution in [0.25, 0.3) is 0 Å². The molecule has 0 spiro atoms. The van der Waals surface area contributed by atoms with E-state index in [1.807, 2.05) is 24.5 Å². The molecule has 0 radical (unpaired) electrons. The smallest absolute Gasteiger partial charge is 0.0317 e. The minimum atomic E-state index is 0.156. The van der Waals surface area contributed by atoms with Gasteiger partial charge in [0, 0.05) is 43.1 Å². The Bertz CT molecular complexity index is 605. The van der Waals surface area contributed by atoms with E-state index >= 15 is 0 Å². The van der Waals surface area contributed by atoms with Gasteiger partial charge in [-0.2, -0.15) is 0 Å². The summed E-state index contributed by atoms with van der Waals surface area (Å²) in [5.74, 6) is 0. The molecule has 0 amide bonds. The minimum absolute atomic E-state index is 0.156. The Kier molecular flexibility index (Phi) is 3.22. The van der Waals surface area contributed by atoms with Crippen molar-refractivity contribution in [2.45, 2.75) is 32.4 Å². The highest BCUT2D eigenvalue weighted by molar-refractivity contribution is 5.48. The van der Waals surface area contributed by atoms with E-state index in [2.05, 4.69) is 41.9 Å². The Balaban J connectivity index is 1.87. The van der Waals surface area contributed by atoms with Gasteiger partial charge in [0.15, 0.2) is 0 Å². The van der Waals surface area contributed by atoms with Gasteiger partial charge in [-0.15, -0.1) is 0 Å². The van der Waals surface area contributed by atoms with Gasteiger partial charge in [0.05, 0.1) is 0 Å². The summed E-state index contributed by atoms with van der Waals surface area (Å²) in [6, 6.07) is 10.4. The third kappa shape index (κ3) is 2.54. The van der Waals surface area contributed by atoms with Gasteiger partial charge in [-0.05, 0) is 34.9 Å². The molecule has 3 heteroatoms. The zero-order chi connectivity index (χ0) is 14.2. The molecule has 20 heavy (non-hydrogen) atoms. The predicted molar refractivity (Wildman–Crippen MR) is 82.2 cm³/mol. The van der Waals surface area contributed by atoms with Gasteiger partial charge >= 0.3 is 0 Å². The highest BCUT2D eigenvalue weighted by atomic mass is 15.1. The quantitative estimate of drug-likeness (QED) is 0.851. The molecule has 104 valence electrons. The number of benzene rings is 1. The number of anilines is 1. The summed E-state index contributed by atoms with van der Waals surface area (Å²) in [4.78, 5) is 6.67. The number of aromatic nitrogens is 1. The van der Waals surface area contributed by atoms with Crippen molar-refractivity contribution >= 4 is 5.69 Å². The maximum absolute atomic E-state index is 5.94. The van der Waals surface area contributed by atoms with Crippen molar-refractivity contribution in [2.75, 3.05) is 12.3 Å². The zero-order valence-corrected chi connectivity index (χ0v) is 12.1. The van der Waals surface area contributed by atoms with Gasteiger partial charge in [0.2, 0.25) is 0 Å². The van der Waals surface area contributed by atoms with Crippen molar-refractivity contribution in [1.82, 2.24) is 9.88 Å². The lowest BCUT2D eigenvalue weighted by molar-refractivity contribution is 0.186. The predicted octanol–water partition coefficient (Wildman–Crippen LogP) is 2.96. The van der Waals surface area contributed by atoms with Gasteiger partial charge < -0.3 is 5.73 Å². The van der Waals surface area contributed by atoms with Crippen LogP contribution < -0.4 is 5.73 Å². The van der Waals surface area contributed by atoms with Crippen molar-refractivity contribution in [3.63, 3.8) is 0 Å². The van der Waals surface area contributed by atoms with Crippen LogP contribution in [0.15, 0.2) is 42.7 Å². The standard InChI is InChI=1S/C17H21N3/c1-17(2)12-20(10-13-4-3-7-19-9-13)11-14-8-15(18)5-6-16(14)17/h3-9H,10-12,18H2,1-2H3. The van der Waals surface area contributed by atoms with E-state index in [9.17, 15) is 0 Å². The number of hydrogen-bond donors (Lipinski definition) is 1. The fourth-order valence-electron chi connectivity index (χ4n) is 3.21. The number of hydrogen-bond acceptors (Lipinski definition) is 3. The molecule has 2 heterocycles. The molecule has 1 aromatic carbocycles. The van der Waals surface area contributed by atoms with Crippen molar-refractivity contribution in [3.05, 3.63) is 59.4 Å². The van der Waals surface area contributed by atoms with Crippen molar-refractivity contribution in [2.24, 2.45) is 0 Å². The lowest BCUT2D eigenvalue weighted by atomic mass is 9.78. The molecular formula is C17H21N3. The van der Waals surface area contributed by atoms with Crippen LogP contribution in [0.1, 0.15) is 30.5 Å². The maximum Gasteiger partial charge on any atom is 0.0317 e. The van der Waals surface area contributed by atoms with Crippen LogP contribution in [-0.4, -0.2) is 16.4 Å². The maximum atomic E-state index is 5.94. The number of rotatable bonds is 2. The van der Waals surface area contributed by atoms with Crippen molar-refractivity contribution < 1.29 is 0 Å². The summed E-state index contributed by atoms with van der Waals surface area (Å²) in [7, 11) is 0. The fraction of sp³-hybridized carbons (Fsp3) is 0.353. The van der Waals surface area contributed by atoms with Gasteiger partial charge in [-0.25, -0.2) is 0 Å². The van der Waals surface area contributed by atoms with Crippen LogP contribution in [0.4, 0.5) is 5.69 Å². The Labute approximate surface area is 120 Å². The van der Waals surface area contributed by atoms with Gasteiger partial charge in [0.1, 0.15) is 0 Å². The first-order valence-electron chi connectivity index (χ1n) is 7.05. The second kappa shape index (κ2) is 4.91. The SMILES string of the molecule is CC1(C)CN(Cc2cccnc2)Cc2cc(N)ccc21. The Morgan fingerprint density at radius 1 is 1.30 bits per heavy atom. The van der Waals surface area contributed by atoms with E-state index in [0.29, 0.717) is 0 Å². The summed E-state index contributed by atoms with van der Waals surface area (Å²) >= 11 is 0. The molecule has 0 bridgehead atoms. The van der Waals surface area contributed by atoms with E-state index < -0.39 is 0 Å². The number of fused-ring (bicyclic) bond motifs is 1. The fourth-order valence-corrected chi connectivity index (χ4v) is 3.21. The summed E-state index contributed by atoms with van der Waals surface area (Å²) in [5, 5.41) is 0. The zero-order valence-electron chi connectivity index (χ0n) is 12.1. The highest BCUT2D eigenvalue weighted by Gasteiger charge is 2.31. The number of nitrogens with zero attached hydrogens (tertiary/aromatic N) is 2. The van der Waals surface area contributed by atoms with Crippen LogP contribution >= 0.6 is 0 Å². The minimum Gasteiger partial charge on any atom is -0.399 e. The first-order chi connectivity index (χ1) is 9.54. The summed E-state index contributed by atoms with van der Waals surface area (Å²) in [6.07, 6.45) is 3.77. The molecule has 0 fully saturated rings. The largest absolute Gasteiger partial charge is 0.399 e. The molecule has 3 rings (SSSR count). The number of nitrogens with two attached hydrogens (primary N) is 1. The third-order valence-corrected chi connectivity index (χ3v) is 4.00. The monoisotopic (exact) mass is 267 g/mol. The number of pyridine rings is 1. The molecule has 0 aliphatic carbocycles. The van der Waals surface area contributed by atoms with Crippen LogP contribution in [-0.2, 0) is 18.5 Å². The topological polar surface area (TPSA) is 42.2 Å². The van der Waals surface area contributed by atoms with E-state index in [0.717, 1.165) is 25.3 Å². The average Bonchev–Trinajstić information content (AvgIpc) is 2.38. The van der Waals surface area contributed by atoms with Gasteiger partial charge in [-0.3, -0.25) is 9.88 Å². The molecule has 1 aliphatic heterocycles. The van der Waals surface area contributed by atoms with Gasteiger partial charge in [0.25, 0.3) is 0 Å². The second-order valence-corrected chi connectivity index (χ2v) is 6.31. The Morgan fingerprint density at radius 3 is 2.90 bits per heavy atom. The van der Waals surface area contributed by atoms with E-state index in [4.69, 9.17) is 5.73 Å². The molecule has 3 nitrogen and oxygen atoms in total. The van der Waals surface area contributed by atoms with Gasteiger partial charge in [-0.1, -0.05) is 26.0 Å².